The van der Waals surface area contributed by atoms with Gasteiger partial charge in [0.25, 0.3) is 0 Å². The average molecular weight is 420 g/mol. The van der Waals surface area contributed by atoms with E-state index in [-0.39, 0.29) is 18.2 Å². The fourth-order valence-electron chi connectivity index (χ4n) is 3.77. The molecule has 0 fully saturated rings. The van der Waals surface area contributed by atoms with Gasteiger partial charge in [-0.05, 0) is 67.8 Å². The van der Waals surface area contributed by atoms with E-state index in [1.165, 1.54) is 18.2 Å². The maximum absolute atomic E-state index is 14.1. The van der Waals surface area contributed by atoms with Gasteiger partial charge in [0.2, 0.25) is 5.91 Å². The smallest absolute Gasteiger partial charge is 0.231 e. The summed E-state index contributed by atoms with van der Waals surface area (Å²) >= 11 is 0. The zero-order valence-corrected chi connectivity index (χ0v) is 17.6. The Labute approximate surface area is 179 Å². The second-order valence-electron chi connectivity index (χ2n) is 8.05. The molecule has 1 aromatic heterocycles. The van der Waals surface area contributed by atoms with Crippen LogP contribution in [0.4, 0.5) is 8.78 Å². The molecule has 6 heteroatoms. The topological polar surface area (TPSA) is 65.2 Å². The molecule has 158 valence electrons. The second-order valence-corrected chi connectivity index (χ2v) is 8.05. The summed E-state index contributed by atoms with van der Waals surface area (Å²) in [6, 6.07) is 10.7. The Kier molecular flexibility index (Phi) is 4.88. The first-order valence-electron chi connectivity index (χ1n) is 9.83. The van der Waals surface area contributed by atoms with Gasteiger partial charge >= 0.3 is 0 Å². The van der Waals surface area contributed by atoms with Crippen molar-refractivity contribution in [2.75, 3.05) is 6.61 Å². The highest BCUT2D eigenvalue weighted by Crippen LogP contribution is 2.46. The van der Waals surface area contributed by atoms with Crippen LogP contribution in [0.3, 0.4) is 0 Å². The Bertz CT molecular complexity index is 1240. The SMILES string of the molecule is C=C(c1ccc(F)cc1)c1cc2c(c(-c3ccc(F)c(C)c3C)n1)OC[C@]2(C)C(N)=O. The van der Waals surface area contributed by atoms with Crippen LogP contribution in [0.15, 0.2) is 49.0 Å². The summed E-state index contributed by atoms with van der Waals surface area (Å²) in [6.07, 6.45) is 0. The van der Waals surface area contributed by atoms with Crippen molar-refractivity contribution in [3.8, 4) is 17.0 Å². The van der Waals surface area contributed by atoms with Crippen LogP contribution >= 0.6 is 0 Å². The second kappa shape index (κ2) is 7.30. The zero-order chi connectivity index (χ0) is 22.5. The van der Waals surface area contributed by atoms with Crippen molar-refractivity contribution in [1.82, 2.24) is 4.98 Å². The van der Waals surface area contributed by atoms with Crippen molar-refractivity contribution >= 4 is 11.5 Å². The number of nitrogens with two attached hydrogens (primary N) is 1. The van der Waals surface area contributed by atoms with E-state index in [1.807, 2.05) is 6.92 Å². The molecule has 0 spiro atoms. The number of benzene rings is 2. The van der Waals surface area contributed by atoms with E-state index < -0.39 is 11.3 Å². The molecule has 1 aliphatic rings. The number of fused-ring (bicyclic) bond motifs is 1. The Hall–Kier alpha value is -3.54. The Morgan fingerprint density at radius 2 is 1.81 bits per heavy atom. The number of ether oxygens (including phenoxy) is 1. The number of halogens is 2. The summed E-state index contributed by atoms with van der Waals surface area (Å²) in [4.78, 5) is 17.1. The van der Waals surface area contributed by atoms with Crippen LogP contribution in [0, 0.1) is 25.5 Å². The molecule has 1 amide bonds. The monoisotopic (exact) mass is 420 g/mol. The summed E-state index contributed by atoms with van der Waals surface area (Å²) in [7, 11) is 0. The summed E-state index contributed by atoms with van der Waals surface area (Å²) in [6.45, 7) is 9.44. The highest BCUT2D eigenvalue weighted by molar-refractivity contribution is 5.91. The van der Waals surface area contributed by atoms with Crippen LogP contribution in [0.2, 0.25) is 0 Å². The Morgan fingerprint density at radius 1 is 1.13 bits per heavy atom. The van der Waals surface area contributed by atoms with Gasteiger partial charge in [-0.2, -0.15) is 0 Å². The number of rotatable bonds is 4. The van der Waals surface area contributed by atoms with E-state index in [0.29, 0.717) is 45.0 Å². The van der Waals surface area contributed by atoms with Crippen LogP contribution in [-0.2, 0) is 10.2 Å². The molecule has 2 heterocycles. The molecule has 1 atom stereocenters. The lowest BCUT2D eigenvalue weighted by atomic mass is 9.82. The first-order chi connectivity index (χ1) is 14.6. The van der Waals surface area contributed by atoms with Gasteiger partial charge in [-0.1, -0.05) is 18.7 Å². The number of carbonyl (C=O) groups is 1. The lowest BCUT2D eigenvalue weighted by Gasteiger charge is -2.20. The molecule has 3 aromatic rings. The van der Waals surface area contributed by atoms with E-state index >= 15 is 0 Å². The number of carbonyl (C=O) groups excluding carboxylic acids is 1. The van der Waals surface area contributed by atoms with E-state index in [0.717, 1.165) is 5.56 Å². The highest BCUT2D eigenvalue weighted by Gasteiger charge is 2.44. The molecule has 0 unspecified atom stereocenters. The standard InChI is InChI=1S/C25H22F2N2O2/c1-13-14(2)20(27)10-9-18(13)22-23-19(25(4,12-31-23)24(28)30)11-21(29-22)15(3)16-5-7-17(26)8-6-16/h5-11H,3,12H2,1-2,4H3,(H2,28,30)/t25-/m0/s1. The van der Waals surface area contributed by atoms with Crippen LogP contribution in [-0.4, -0.2) is 17.5 Å². The van der Waals surface area contributed by atoms with Crippen LogP contribution in [0.25, 0.3) is 16.8 Å². The molecule has 4 rings (SSSR count). The largest absolute Gasteiger partial charge is 0.489 e. The van der Waals surface area contributed by atoms with Crippen molar-refractivity contribution in [2.45, 2.75) is 26.2 Å². The number of hydrogen-bond donors (Lipinski definition) is 1. The molecular formula is C25H22F2N2O2. The molecule has 0 saturated heterocycles. The maximum Gasteiger partial charge on any atom is 0.231 e. The van der Waals surface area contributed by atoms with Crippen LogP contribution in [0.1, 0.15) is 34.9 Å². The number of hydrogen-bond acceptors (Lipinski definition) is 3. The average Bonchev–Trinajstić information content (AvgIpc) is 3.10. The maximum atomic E-state index is 14.1. The highest BCUT2D eigenvalue weighted by atomic mass is 19.1. The molecule has 0 bridgehead atoms. The normalized spacial score (nSPS) is 17.2. The predicted octanol–water partition coefficient (Wildman–Crippen LogP) is 4.84. The Morgan fingerprint density at radius 3 is 2.45 bits per heavy atom. The van der Waals surface area contributed by atoms with Crippen molar-refractivity contribution in [3.05, 3.63) is 88.6 Å². The first kappa shape index (κ1) is 20.7. The summed E-state index contributed by atoms with van der Waals surface area (Å²) in [5, 5.41) is 0. The molecule has 31 heavy (non-hydrogen) atoms. The van der Waals surface area contributed by atoms with Gasteiger partial charge in [0, 0.05) is 16.7 Å². The van der Waals surface area contributed by atoms with E-state index in [1.54, 1.807) is 38.1 Å². The van der Waals surface area contributed by atoms with Gasteiger partial charge in [-0.3, -0.25) is 4.79 Å². The van der Waals surface area contributed by atoms with Crippen molar-refractivity contribution in [1.29, 1.82) is 0 Å². The fourth-order valence-corrected chi connectivity index (χ4v) is 3.77. The molecule has 0 radical (unpaired) electrons. The zero-order valence-electron chi connectivity index (χ0n) is 17.6. The molecule has 2 N–H and O–H groups in total. The van der Waals surface area contributed by atoms with Gasteiger partial charge in [-0.25, -0.2) is 13.8 Å². The molecule has 2 aromatic carbocycles. The third-order valence-electron chi connectivity index (χ3n) is 6.09. The lowest BCUT2D eigenvalue weighted by molar-refractivity contribution is -0.123. The van der Waals surface area contributed by atoms with Crippen molar-refractivity contribution in [3.63, 3.8) is 0 Å². The first-order valence-corrected chi connectivity index (χ1v) is 9.83. The third-order valence-corrected chi connectivity index (χ3v) is 6.09. The summed E-state index contributed by atoms with van der Waals surface area (Å²) in [5.74, 6) is -0.737. The van der Waals surface area contributed by atoms with Gasteiger partial charge in [0.15, 0.2) is 0 Å². The summed E-state index contributed by atoms with van der Waals surface area (Å²) in [5.41, 5.74) is 9.41. The quantitative estimate of drug-likeness (QED) is 0.657. The van der Waals surface area contributed by atoms with E-state index in [4.69, 9.17) is 15.5 Å². The number of aromatic nitrogens is 1. The van der Waals surface area contributed by atoms with Gasteiger partial charge in [0.05, 0.1) is 5.69 Å². The number of amides is 1. The molecule has 0 aliphatic carbocycles. The van der Waals surface area contributed by atoms with Crippen LogP contribution < -0.4 is 10.5 Å². The molecule has 4 nitrogen and oxygen atoms in total. The van der Waals surface area contributed by atoms with Gasteiger partial charge < -0.3 is 10.5 Å². The number of primary amides is 1. The number of nitrogens with zero attached hydrogens (tertiary/aromatic N) is 1. The van der Waals surface area contributed by atoms with E-state index in [2.05, 4.69) is 6.58 Å². The minimum Gasteiger partial charge on any atom is -0.489 e. The van der Waals surface area contributed by atoms with Gasteiger partial charge in [-0.15, -0.1) is 0 Å². The van der Waals surface area contributed by atoms with Crippen molar-refractivity contribution < 1.29 is 18.3 Å². The molecular weight excluding hydrogens is 398 g/mol. The third kappa shape index (κ3) is 3.28. The minimum absolute atomic E-state index is 0.0814. The molecule has 0 saturated carbocycles. The fraction of sp³-hybridized carbons (Fsp3) is 0.200. The van der Waals surface area contributed by atoms with Gasteiger partial charge in [0.1, 0.15) is 35.1 Å². The van der Waals surface area contributed by atoms with Crippen molar-refractivity contribution in [2.24, 2.45) is 5.73 Å². The van der Waals surface area contributed by atoms with Crippen LogP contribution in [0.5, 0.6) is 5.75 Å². The molecule has 1 aliphatic heterocycles. The summed E-state index contributed by atoms with van der Waals surface area (Å²) < 4.78 is 33.4. The lowest BCUT2D eigenvalue weighted by Crippen LogP contribution is -2.39. The minimum atomic E-state index is -1.05. The Balaban J connectivity index is 1.98. The predicted molar refractivity (Wildman–Crippen MR) is 116 cm³/mol. The van der Waals surface area contributed by atoms with E-state index in [9.17, 15) is 13.6 Å². The number of pyridine rings is 1.